The molecule has 20 heavy (non-hydrogen) atoms. The Morgan fingerprint density at radius 3 is 2.90 bits per heavy atom. The van der Waals surface area contributed by atoms with E-state index in [2.05, 4.69) is 4.90 Å². The molecule has 0 saturated carbocycles. The zero-order chi connectivity index (χ0) is 14.5. The van der Waals surface area contributed by atoms with Gasteiger partial charge in [-0.2, -0.15) is 0 Å². The van der Waals surface area contributed by atoms with Gasteiger partial charge in [0.1, 0.15) is 0 Å². The van der Waals surface area contributed by atoms with Gasteiger partial charge in [-0.15, -0.1) is 0 Å². The minimum absolute atomic E-state index is 0.0288. The van der Waals surface area contributed by atoms with E-state index >= 15 is 0 Å². The van der Waals surface area contributed by atoms with Crippen LogP contribution >= 0.6 is 0 Å². The fourth-order valence-corrected chi connectivity index (χ4v) is 2.68. The number of rotatable bonds is 5. The SMILES string of the molecule is NC(=O)C1CCCN(CCCn2cc(N)ccc2=O)C1. The average Bonchev–Trinajstić information content (AvgIpc) is 2.43. The summed E-state index contributed by atoms with van der Waals surface area (Å²) in [6.45, 7) is 3.24. The maximum absolute atomic E-state index is 11.6. The first-order valence-electron chi connectivity index (χ1n) is 7.04. The number of anilines is 1. The molecule has 1 aromatic rings. The number of hydrogen-bond acceptors (Lipinski definition) is 4. The zero-order valence-electron chi connectivity index (χ0n) is 11.6. The van der Waals surface area contributed by atoms with Crippen molar-refractivity contribution in [3.63, 3.8) is 0 Å². The molecule has 0 radical (unpaired) electrons. The molecular formula is C14H22N4O2. The van der Waals surface area contributed by atoms with Gasteiger partial charge in [-0.1, -0.05) is 0 Å². The molecule has 2 rings (SSSR count). The standard InChI is InChI=1S/C14H22N4O2/c15-12-4-5-13(19)18(10-12)8-2-7-17-6-1-3-11(9-17)14(16)20/h4-5,10-11H,1-3,6-9,15H2,(H2,16,20). The molecule has 1 fully saturated rings. The van der Waals surface area contributed by atoms with Gasteiger partial charge < -0.3 is 20.9 Å². The van der Waals surface area contributed by atoms with Gasteiger partial charge >= 0.3 is 0 Å². The van der Waals surface area contributed by atoms with Crippen molar-refractivity contribution in [2.45, 2.75) is 25.8 Å². The summed E-state index contributed by atoms with van der Waals surface area (Å²) < 4.78 is 1.63. The van der Waals surface area contributed by atoms with Gasteiger partial charge in [0.15, 0.2) is 0 Å². The number of primary amides is 1. The van der Waals surface area contributed by atoms with Crippen molar-refractivity contribution in [3.05, 3.63) is 28.7 Å². The first-order chi connectivity index (χ1) is 9.56. The van der Waals surface area contributed by atoms with Crippen LogP contribution in [-0.2, 0) is 11.3 Å². The van der Waals surface area contributed by atoms with Crippen molar-refractivity contribution in [1.82, 2.24) is 9.47 Å². The van der Waals surface area contributed by atoms with Crippen LogP contribution < -0.4 is 17.0 Å². The van der Waals surface area contributed by atoms with Crippen LogP contribution in [0.5, 0.6) is 0 Å². The summed E-state index contributed by atoms with van der Waals surface area (Å²) in [6.07, 6.45) is 4.42. The highest BCUT2D eigenvalue weighted by atomic mass is 16.1. The van der Waals surface area contributed by atoms with Gasteiger partial charge in [-0.05, 0) is 38.4 Å². The molecule has 1 aromatic heterocycles. The predicted octanol–water partition coefficient (Wildman–Crippen LogP) is 0.0179. The third-order valence-corrected chi connectivity index (χ3v) is 3.79. The topological polar surface area (TPSA) is 94.3 Å². The Labute approximate surface area is 118 Å². The monoisotopic (exact) mass is 278 g/mol. The molecule has 0 aliphatic carbocycles. The van der Waals surface area contributed by atoms with E-state index < -0.39 is 0 Å². The van der Waals surface area contributed by atoms with Crippen molar-refractivity contribution < 1.29 is 4.79 Å². The third-order valence-electron chi connectivity index (χ3n) is 3.79. The number of carbonyl (C=O) groups is 1. The molecule has 1 saturated heterocycles. The van der Waals surface area contributed by atoms with Crippen molar-refractivity contribution in [2.75, 3.05) is 25.4 Å². The van der Waals surface area contributed by atoms with E-state index in [1.165, 1.54) is 6.07 Å². The number of hydrogen-bond donors (Lipinski definition) is 2. The second-order valence-corrected chi connectivity index (χ2v) is 5.39. The summed E-state index contributed by atoms with van der Waals surface area (Å²) in [7, 11) is 0. The molecule has 1 amide bonds. The Hall–Kier alpha value is -1.82. The van der Waals surface area contributed by atoms with Gasteiger partial charge in [0.05, 0.1) is 5.92 Å². The molecule has 0 bridgehead atoms. The molecule has 0 aromatic carbocycles. The second kappa shape index (κ2) is 6.56. The Bertz CT molecular complexity index is 526. The number of piperidine rings is 1. The number of nitrogen functional groups attached to an aromatic ring is 1. The number of nitrogens with zero attached hydrogens (tertiary/aromatic N) is 2. The van der Waals surface area contributed by atoms with E-state index in [0.717, 1.165) is 38.9 Å². The van der Waals surface area contributed by atoms with E-state index in [9.17, 15) is 9.59 Å². The lowest BCUT2D eigenvalue weighted by atomic mass is 9.97. The molecule has 0 spiro atoms. The summed E-state index contributed by atoms with van der Waals surface area (Å²) in [5.41, 5.74) is 11.6. The Kier molecular flexibility index (Phi) is 4.79. The molecule has 1 atom stereocenters. The summed E-state index contributed by atoms with van der Waals surface area (Å²) in [6, 6.07) is 3.10. The number of aryl methyl sites for hydroxylation is 1. The smallest absolute Gasteiger partial charge is 0.250 e. The first-order valence-corrected chi connectivity index (χ1v) is 7.04. The number of carbonyl (C=O) groups excluding carboxylic acids is 1. The lowest BCUT2D eigenvalue weighted by molar-refractivity contribution is -0.123. The van der Waals surface area contributed by atoms with Crippen molar-refractivity contribution in [2.24, 2.45) is 11.7 Å². The Balaban J connectivity index is 1.82. The fraction of sp³-hybridized carbons (Fsp3) is 0.571. The van der Waals surface area contributed by atoms with Crippen molar-refractivity contribution in [1.29, 1.82) is 0 Å². The Morgan fingerprint density at radius 2 is 2.15 bits per heavy atom. The van der Waals surface area contributed by atoms with Crippen LogP contribution in [0.4, 0.5) is 5.69 Å². The van der Waals surface area contributed by atoms with Crippen LogP contribution in [0.1, 0.15) is 19.3 Å². The number of aromatic nitrogens is 1. The summed E-state index contributed by atoms with van der Waals surface area (Å²) in [5, 5.41) is 0. The third kappa shape index (κ3) is 3.84. The maximum Gasteiger partial charge on any atom is 0.250 e. The quantitative estimate of drug-likeness (QED) is 0.793. The molecule has 110 valence electrons. The highest BCUT2D eigenvalue weighted by molar-refractivity contribution is 5.76. The lowest BCUT2D eigenvalue weighted by Gasteiger charge is -2.31. The van der Waals surface area contributed by atoms with E-state index in [4.69, 9.17) is 11.5 Å². The molecule has 6 heteroatoms. The number of nitrogens with two attached hydrogens (primary N) is 2. The van der Waals surface area contributed by atoms with E-state index in [0.29, 0.717) is 12.2 Å². The van der Waals surface area contributed by atoms with Crippen LogP contribution in [0.2, 0.25) is 0 Å². The highest BCUT2D eigenvalue weighted by Crippen LogP contribution is 2.16. The molecular weight excluding hydrogens is 256 g/mol. The molecule has 1 unspecified atom stereocenters. The van der Waals surface area contributed by atoms with Gasteiger partial charge in [0, 0.05) is 31.0 Å². The average molecular weight is 278 g/mol. The summed E-state index contributed by atoms with van der Waals surface area (Å²) in [4.78, 5) is 25.1. The summed E-state index contributed by atoms with van der Waals surface area (Å²) >= 11 is 0. The zero-order valence-corrected chi connectivity index (χ0v) is 11.6. The second-order valence-electron chi connectivity index (χ2n) is 5.39. The van der Waals surface area contributed by atoms with Crippen LogP contribution in [0.25, 0.3) is 0 Å². The Morgan fingerprint density at radius 1 is 1.35 bits per heavy atom. The molecule has 1 aliphatic rings. The minimum Gasteiger partial charge on any atom is -0.398 e. The fourth-order valence-electron chi connectivity index (χ4n) is 2.68. The van der Waals surface area contributed by atoms with Gasteiger partial charge in [0.2, 0.25) is 5.91 Å². The minimum atomic E-state index is -0.207. The first kappa shape index (κ1) is 14.6. The maximum atomic E-state index is 11.6. The van der Waals surface area contributed by atoms with Crippen LogP contribution in [0, 0.1) is 5.92 Å². The molecule has 4 N–H and O–H groups in total. The van der Waals surface area contributed by atoms with E-state index in [-0.39, 0.29) is 17.4 Å². The lowest BCUT2D eigenvalue weighted by Crippen LogP contribution is -2.41. The van der Waals surface area contributed by atoms with E-state index in [1.54, 1.807) is 16.8 Å². The number of pyridine rings is 1. The van der Waals surface area contributed by atoms with Crippen LogP contribution in [0.15, 0.2) is 23.1 Å². The van der Waals surface area contributed by atoms with Gasteiger partial charge in [-0.25, -0.2) is 0 Å². The molecule has 2 heterocycles. The predicted molar refractivity (Wildman–Crippen MR) is 78.1 cm³/mol. The van der Waals surface area contributed by atoms with Crippen molar-refractivity contribution in [3.8, 4) is 0 Å². The molecule has 1 aliphatic heterocycles. The normalized spacial score (nSPS) is 19.9. The largest absolute Gasteiger partial charge is 0.398 e. The number of amides is 1. The number of likely N-dealkylation sites (tertiary alicyclic amines) is 1. The van der Waals surface area contributed by atoms with Crippen LogP contribution in [0.3, 0.4) is 0 Å². The van der Waals surface area contributed by atoms with Crippen molar-refractivity contribution >= 4 is 11.6 Å². The van der Waals surface area contributed by atoms with E-state index in [1.807, 2.05) is 0 Å². The molecule has 6 nitrogen and oxygen atoms in total. The highest BCUT2D eigenvalue weighted by Gasteiger charge is 2.23. The summed E-state index contributed by atoms with van der Waals surface area (Å²) in [5.74, 6) is -0.236. The van der Waals surface area contributed by atoms with Gasteiger partial charge in [-0.3, -0.25) is 9.59 Å². The van der Waals surface area contributed by atoms with Crippen LogP contribution in [-0.4, -0.2) is 35.0 Å². The van der Waals surface area contributed by atoms with Gasteiger partial charge in [0.25, 0.3) is 5.56 Å².